The van der Waals surface area contributed by atoms with E-state index < -0.39 is 8.07 Å². The van der Waals surface area contributed by atoms with Crippen LogP contribution in [0.5, 0.6) is 0 Å². The van der Waals surface area contributed by atoms with Crippen molar-refractivity contribution in [1.29, 1.82) is 0 Å². The lowest BCUT2D eigenvalue weighted by molar-refractivity contribution is 1.17. The van der Waals surface area contributed by atoms with Gasteiger partial charge in [-0.2, -0.15) is 0 Å². The normalized spacial score (nSPS) is 11.9. The van der Waals surface area contributed by atoms with E-state index >= 15 is 0 Å². The van der Waals surface area contributed by atoms with Gasteiger partial charge in [0.1, 0.15) is 0 Å². The van der Waals surface area contributed by atoms with E-state index in [1.165, 1.54) is 64.5 Å². The fourth-order valence-corrected chi connectivity index (χ4v) is 13.2. The first kappa shape index (κ1) is 29.4. The lowest BCUT2D eigenvalue weighted by Gasteiger charge is -2.35. The summed E-state index contributed by atoms with van der Waals surface area (Å²) in [6.07, 6.45) is 3.90. The molecule has 0 aliphatic carbocycles. The van der Waals surface area contributed by atoms with Crippen LogP contribution in [0, 0.1) is 0 Å². The highest BCUT2D eigenvalue weighted by atomic mass is 28.3. The molecule has 240 valence electrons. The van der Waals surface area contributed by atoms with E-state index in [1.54, 1.807) is 0 Å². The molecule has 0 spiro atoms. The van der Waals surface area contributed by atoms with Crippen molar-refractivity contribution in [3.8, 4) is 11.4 Å². The molecule has 51 heavy (non-hydrogen) atoms. The molecule has 0 aliphatic heterocycles. The summed E-state index contributed by atoms with van der Waals surface area (Å²) in [5.41, 5.74) is 7.01. The molecule has 0 amide bonds. The Bertz CT molecular complexity index is 2760. The van der Waals surface area contributed by atoms with E-state index in [9.17, 15) is 0 Å². The molecule has 0 radical (unpaired) electrons. The Morgan fingerprint density at radius 2 is 0.824 bits per heavy atom. The van der Waals surface area contributed by atoms with E-state index in [1.807, 2.05) is 12.4 Å². The van der Waals surface area contributed by atoms with Gasteiger partial charge in [0.25, 0.3) is 0 Å². The van der Waals surface area contributed by atoms with Crippen LogP contribution in [0.4, 0.5) is 0 Å². The zero-order valence-electron chi connectivity index (χ0n) is 27.9. The van der Waals surface area contributed by atoms with Gasteiger partial charge in [0.15, 0.2) is 8.07 Å². The molecule has 0 aliphatic rings. The molecular weight excluding hydrogens is 635 g/mol. The highest BCUT2D eigenvalue weighted by Crippen LogP contribution is 2.33. The van der Waals surface area contributed by atoms with E-state index in [2.05, 4.69) is 202 Å². The maximum atomic E-state index is 4.57. The molecule has 0 saturated heterocycles. The summed E-state index contributed by atoms with van der Waals surface area (Å²) in [5.74, 6) is 0. The van der Waals surface area contributed by atoms with Gasteiger partial charge in [0.2, 0.25) is 0 Å². The van der Waals surface area contributed by atoms with Crippen molar-refractivity contribution in [1.82, 2.24) is 14.1 Å². The number of pyridine rings is 1. The van der Waals surface area contributed by atoms with E-state index in [0.29, 0.717) is 0 Å². The molecular formula is C47H33N3Si. The number of hydrogen-bond acceptors (Lipinski definition) is 1. The maximum absolute atomic E-state index is 4.57. The number of hydrogen-bond donors (Lipinski definition) is 0. The molecule has 0 fully saturated rings. The lowest BCUT2D eigenvalue weighted by Crippen LogP contribution is -2.74. The molecule has 4 heteroatoms. The number of benzene rings is 7. The summed E-state index contributed by atoms with van der Waals surface area (Å²) in [7, 11) is -2.91. The summed E-state index contributed by atoms with van der Waals surface area (Å²) >= 11 is 0. The summed E-state index contributed by atoms with van der Waals surface area (Å²) in [5, 5.41) is 10.3. The van der Waals surface area contributed by atoms with Crippen LogP contribution in [-0.2, 0) is 0 Å². The minimum atomic E-state index is -2.91. The quantitative estimate of drug-likeness (QED) is 0.129. The number of aromatic nitrogens is 3. The van der Waals surface area contributed by atoms with Gasteiger partial charge in [-0.3, -0.25) is 4.98 Å². The Hall–Kier alpha value is -6.49. The second-order valence-corrected chi connectivity index (χ2v) is 17.0. The van der Waals surface area contributed by atoms with Crippen molar-refractivity contribution in [2.24, 2.45) is 0 Å². The average molecular weight is 668 g/mol. The van der Waals surface area contributed by atoms with Gasteiger partial charge in [-0.15, -0.1) is 0 Å². The number of para-hydroxylation sites is 3. The van der Waals surface area contributed by atoms with Crippen molar-refractivity contribution in [3.05, 3.63) is 200 Å². The van der Waals surface area contributed by atoms with Crippen LogP contribution in [0.1, 0.15) is 0 Å². The molecule has 10 rings (SSSR count). The first-order chi connectivity index (χ1) is 25.3. The minimum absolute atomic E-state index is 1.11. The molecule has 0 saturated carbocycles. The van der Waals surface area contributed by atoms with Gasteiger partial charge in [0, 0.05) is 39.1 Å². The molecule has 3 nitrogen and oxygen atoms in total. The summed E-state index contributed by atoms with van der Waals surface area (Å²) in [4.78, 5) is 4.57. The predicted octanol–water partition coefficient (Wildman–Crippen LogP) is 8.65. The predicted molar refractivity (Wildman–Crippen MR) is 217 cm³/mol. The minimum Gasteiger partial charge on any atom is -0.309 e. The summed E-state index contributed by atoms with van der Waals surface area (Å²) in [6, 6.07) is 69.3. The fraction of sp³-hybridized carbons (Fsp3) is 0. The van der Waals surface area contributed by atoms with Crippen LogP contribution in [0.15, 0.2) is 200 Å². The standard InChI is InChI=1S/C47H33N3Si/c1-4-15-34(16-5-1)49-46-32-39(27-28-42(46)43-29-30-48-33-47(43)49)51(36-18-6-2-7-19-36,37-20-8-3-9-21-37)38-22-14-17-35(31-38)50-44-25-12-10-23-40(44)41-24-11-13-26-45(41)50/h1-33H. The van der Waals surface area contributed by atoms with Gasteiger partial charge in [-0.05, 0) is 69.3 Å². The Balaban J connectivity index is 1.32. The topological polar surface area (TPSA) is 22.8 Å². The molecule has 0 N–H and O–H groups in total. The molecule has 7 aromatic carbocycles. The smallest absolute Gasteiger partial charge is 0.179 e. The summed E-state index contributed by atoms with van der Waals surface area (Å²) in [6.45, 7) is 0. The fourth-order valence-electron chi connectivity index (χ4n) is 8.41. The van der Waals surface area contributed by atoms with Crippen LogP contribution >= 0.6 is 0 Å². The second-order valence-electron chi connectivity index (χ2n) is 13.2. The third-order valence-electron chi connectivity index (χ3n) is 10.5. The van der Waals surface area contributed by atoms with Gasteiger partial charge in [0.05, 0.1) is 28.3 Å². The maximum Gasteiger partial charge on any atom is 0.179 e. The largest absolute Gasteiger partial charge is 0.309 e. The number of rotatable bonds is 6. The Labute approximate surface area is 297 Å². The van der Waals surface area contributed by atoms with Gasteiger partial charge < -0.3 is 9.13 Å². The Kier molecular flexibility index (Phi) is 6.83. The third kappa shape index (κ3) is 4.47. The Morgan fingerprint density at radius 3 is 1.49 bits per heavy atom. The van der Waals surface area contributed by atoms with Crippen LogP contribution in [0.25, 0.3) is 55.0 Å². The van der Waals surface area contributed by atoms with E-state index in [4.69, 9.17) is 0 Å². The van der Waals surface area contributed by atoms with Crippen molar-refractivity contribution in [2.45, 2.75) is 0 Å². The molecule has 0 atom stereocenters. The first-order valence-corrected chi connectivity index (χ1v) is 19.5. The SMILES string of the molecule is c1ccc(-n2c3cnccc3c3ccc([Si](c4ccccc4)(c4ccccc4)c4cccc(-n5c6ccccc6c6ccccc65)c4)cc32)cc1. The van der Waals surface area contributed by atoms with Crippen LogP contribution < -0.4 is 20.7 Å². The highest BCUT2D eigenvalue weighted by Gasteiger charge is 2.42. The van der Waals surface area contributed by atoms with Crippen LogP contribution in [-0.4, -0.2) is 22.2 Å². The zero-order chi connectivity index (χ0) is 33.8. The molecule has 3 heterocycles. The zero-order valence-corrected chi connectivity index (χ0v) is 28.9. The first-order valence-electron chi connectivity index (χ1n) is 17.5. The van der Waals surface area contributed by atoms with Gasteiger partial charge in [-0.25, -0.2) is 0 Å². The number of nitrogens with zero attached hydrogens (tertiary/aromatic N) is 3. The van der Waals surface area contributed by atoms with Crippen LogP contribution in [0.2, 0.25) is 0 Å². The molecule has 0 unspecified atom stereocenters. The van der Waals surface area contributed by atoms with E-state index in [0.717, 1.165) is 11.2 Å². The lowest BCUT2D eigenvalue weighted by atomic mass is 10.2. The highest BCUT2D eigenvalue weighted by molar-refractivity contribution is 7.20. The van der Waals surface area contributed by atoms with Crippen molar-refractivity contribution in [3.63, 3.8) is 0 Å². The molecule has 0 bridgehead atoms. The Morgan fingerprint density at radius 1 is 0.333 bits per heavy atom. The number of fused-ring (bicyclic) bond motifs is 6. The molecule has 10 aromatic rings. The molecule has 3 aromatic heterocycles. The second kappa shape index (κ2) is 11.8. The summed E-state index contributed by atoms with van der Waals surface area (Å²) < 4.78 is 4.82. The van der Waals surface area contributed by atoms with Crippen molar-refractivity contribution >= 4 is 72.4 Å². The van der Waals surface area contributed by atoms with Gasteiger partial charge in [-0.1, -0.05) is 140 Å². The monoisotopic (exact) mass is 667 g/mol. The van der Waals surface area contributed by atoms with Crippen molar-refractivity contribution < 1.29 is 0 Å². The average Bonchev–Trinajstić information content (AvgIpc) is 3.72. The van der Waals surface area contributed by atoms with Crippen molar-refractivity contribution in [2.75, 3.05) is 0 Å². The van der Waals surface area contributed by atoms with Gasteiger partial charge >= 0.3 is 0 Å². The third-order valence-corrected chi connectivity index (χ3v) is 15.3. The van der Waals surface area contributed by atoms with E-state index in [-0.39, 0.29) is 0 Å². The van der Waals surface area contributed by atoms with Crippen LogP contribution in [0.3, 0.4) is 0 Å².